The van der Waals surface area contributed by atoms with Crippen LogP contribution in [0.3, 0.4) is 0 Å². The van der Waals surface area contributed by atoms with E-state index in [2.05, 4.69) is 0 Å². The monoisotopic (exact) mass is 308 g/mol. The lowest BCUT2D eigenvalue weighted by Crippen LogP contribution is -2.40. The third-order valence-corrected chi connectivity index (χ3v) is 3.56. The van der Waals surface area contributed by atoms with E-state index < -0.39 is 5.60 Å². The quantitative estimate of drug-likeness (QED) is 0.788. The Hall–Kier alpha value is -1.98. The number of carbonyl (C=O) groups excluding carboxylic acids is 2. The number of rotatable bonds is 2. The molecule has 2 rings (SSSR count). The second-order valence-electron chi connectivity index (χ2n) is 6.43. The Morgan fingerprint density at radius 1 is 1.32 bits per heavy atom. The summed E-state index contributed by atoms with van der Waals surface area (Å²) >= 11 is 0. The van der Waals surface area contributed by atoms with Gasteiger partial charge in [-0.1, -0.05) is 0 Å². The highest BCUT2D eigenvalue weighted by molar-refractivity contribution is 5.88. The van der Waals surface area contributed by atoms with Crippen molar-refractivity contribution in [1.82, 2.24) is 9.47 Å². The minimum atomic E-state index is -0.510. The predicted molar refractivity (Wildman–Crippen MR) is 81.7 cm³/mol. The van der Waals surface area contributed by atoms with Gasteiger partial charge in [-0.15, -0.1) is 0 Å². The van der Waals surface area contributed by atoms with E-state index in [9.17, 15) is 9.59 Å². The molecule has 1 aromatic rings. The maximum atomic E-state index is 12.2. The van der Waals surface area contributed by atoms with Crippen LogP contribution in [0.5, 0.6) is 0 Å². The van der Waals surface area contributed by atoms with Gasteiger partial charge in [0.25, 0.3) is 0 Å². The van der Waals surface area contributed by atoms with Crippen LogP contribution in [0.4, 0.5) is 4.79 Å². The molecule has 6 nitrogen and oxygen atoms in total. The van der Waals surface area contributed by atoms with Crippen molar-refractivity contribution in [2.24, 2.45) is 7.05 Å². The first-order valence-electron chi connectivity index (χ1n) is 7.55. The van der Waals surface area contributed by atoms with Crippen LogP contribution in [0.25, 0.3) is 0 Å². The van der Waals surface area contributed by atoms with Gasteiger partial charge in [-0.2, -0.15) is 0 Å². The van der Waals surface area contributed by atoms with Crippen LogP contribution in [0.15, 0.2) is 6.07 Å². The van der Waals surface area contributed by atoms with Gasteiger partial charge in [0, 0.05) is 25.7 Å². The zero-order chi connectivity index (χ0) is 16.5. The molecule has 122 valence electrons. The summed E-state index contributed by atoms with van der Waals surface area (Å²) < 4.78 is 12.3. The first-order chi connectivity index (χ1) is 10.2. The Morgan fingerprint density at radius 3 is 2.59 bits per heavy atom. The first-order valence-corrected chi connectivity index (χ1v) is 7.55. The topological polar surface area (TPSA) is 60.8 Å². The molecule has 1 aliphatic rings. The van der Waals surface area contributed by atoms with E-state index in [1.165, 1.54) is 0 Å². The predicted octanol–water partition coefficient (Wildman–Crippen LogP) is 2.50. The summed E-state index contributed by atoms with van der Waals surface area (Å²) in [5.41, 5.74) is 2.06. The zero-order valence-electron chi connectivity index (χ0n) is 13.9. The van der Waals surface area contributed by atoms with Crippen LogP contribution >= 0.6 is 0 Å². The van der Waals surface area contributed by atoms with Crippen LogP contribution in [-0.2, 0) is 29.5 Å². The molecule has 0 aromatic carbocycles. The lowest BCUT2D eigenvalue weighted by molar-refractivity contribution is 0.0222. The van der Waals surface area contributed by atoms with E-state index in [4.69, 9.17) is 9.47 Å². The molecule has 0 fully saturated rings. The van der Waals surface area contributed by atoms with Crippen molar-refractivity contribution in [3.8, 4) is 0 Å². The van der Waals surface area contributed by atoms with E-state index >= 15 is 0 Å². The molecule has 0 aliphatic carbocycles. The molecule has 1 aromatic heterocycles. The van der Waals surface area contributed by atoms with Gasteiger partial charge in [-0.05, 0) is 39.3 Å². The summed E-state index contributed by atoms with van der Waals surface area (Å²) in [6, 6.07) is 1.81. The maximum absolute atomic E-state index is 12.2. The number of hydrogen-bond acceptors (Lipinski definition) is 4. The lowest BCUT2D eigenvalue weighted by Gasteiger charge is -2.30. The summed E-state index contributed by atoms with van der Waals surface area (Å²) in [5, 5.41) is 0. The highest BCUT2D eigenvalue weighted by Gasteiger charge is 2.29. The summed E-state index contributed by atoms with van der Waals surface area (Å²) in [7, 11) is 1.86. The van der Waals surface area contributed by atoms with Gasteiger partial charge in [0.1, 0.15) is 11.3 Å². The molecule has 6 heteroatoms. The van der Waals surface area contributed by atoms with Gasteiger partial charge < -0.3 is 18.9 Å². The Labute approximate surface area is 131 Å². The van der Waals surface area contributed by atoms with Gasteiger partial charge in [0.15, 0.2) is 0 Å². The van der Waals surface area contributed by atoms with Crippen molar-refractivity contribution in [1.29, 1.82) is 0 Å². The molecule has 0 saturated carbocycles. The van der Waals surface area contributed by atoms with Crippen molar-refractivity contribution in [2.45, 2.75) is 46.3 Å². The summed E-state index contributed by atoms with van der Waals surface area (Å²) in [5.74, 6) is -0.330. The molecule has 0 atom stereocenters. The van der Waals surface area contributed by atoms with Crippen LogP contribution in [0.2, 0.25) is 0 Å². The van der Waals surface area contributed by atoms with Crippen molar-refractivity contribution in [3.63, 3.8) is 0 Å². The minimum absolute atomic E-state index is 0.320. The van der Waals surface area contributed by atoms with E-state index in [-0.39, 0.29) is 12.1 Å². The van der Waals surface area contributed by atoms with E-state index in [1.807, 2.05) is 38.5 Å². The first kappa shape index (κ1) is 16.4. The number of fused-ring (bicyclic) bond motifs is 1. The van der Waals surface area contributed by atoms with E-state index in [0.29, 0.717) is 31.8 Å². The Morgan fingerprint density at radius 2 is 2.00 bits per heavy atom. The van der Waals surface area contributed by atoms with Crippen LogP contribution in [-0.4, -0.2) is 40.3 Å². The molecular weight excluding hydrogens is 284 g/mol. The third kappa shape index (κ3) is 3.43. The van der Waals surface area contributed by atoms with Crippen LogP contribution < -0.4 is 0 Å². The fourth-order valence-corrected chi connectivity index (χ4v) is 2.58. The van der Waals surface area contributed by atoms with Crippen molar-refractivity contribution in [2.75, 3.05) is 13.2 Å². The fourth-order valence-electron chi connectivity index (χ4n) is 2.58. The van der Waals surface area contributed by atoms with E-state index in [1.54, 1.807) is 11.8 Å². The number of nitrogens with zero attached hydrogens (tertiary/aromatic N) is 2. The van der Waals surface area contributed by atoms with Crippen LogP contribution in [0, 0.1) is 0 Å². The lowest BCUT2D eigenvalue weighted by atomic mass is 10.1. The molecule has 0 N–H and O–H groups in total. The fraction of sp³-hybridized carbons (Fsp3) is 0.625. The average molecular weight is 308 g/mol. The van der Waals surface area contributed by atoms with Gasteiger partial charge >= 0.3 is 12.1 Å². The molecule has 0 radical (unpaired) electrons. The van der Waals surface area contributed by atoms with Crippen molar-refractivity contribution in [3.05, 3.63) is 23.0 Å². The SMILES string of the molecule is CCOC(=O)c1cc2c(n1C)CCN(C(=O)OC(C)(C)C)C2. The van der Waals surface area contributed by atoms with Crippen LogP contribution in [0.1, 0.15) is 49.4 Å². The molecule has 1 aliphatic heterocycles. The smallest absolute Gasteiger partial charge is 0.410 e. The second kappa shape index (κ2) is 6.02. The average Bonchev–Trinajstić information content (AvgIpc) is 2.74. The maximum Gasteiger partial charge on any atom is 0.410 e. The number of aromatic nitrogens is 1. The molecule has 1 amide bonds. The largest absolute Gasteiger partial charge is 0.461 e. The molecular formula is C16H24N2O4. The summed E-state index contributed by atoms with van der Waals surface area (Å²) in [4.78, 5) is 25.8. The Balaban J connectivity index is 2.16. The molecule has 0 unspecified atom stereocenters. The molecule has 0 spiro atoms. The number of esters is 1. The highest BCUT2D eigenvalue weighted by atomic mass is 16.6. The standard InChI is InChI=1S/C16H24N2O4/c1-6-21-14(19)13-9-11-10-18(8-7-12(11)17(13)5)15(20)22-16(2,3)4/h9H,6-8,10H2,1-5H3. The molecule has 0 saturated heterocycles. The molecule has 0 bridgehead atoms. The van der Waals surface area contributed by atoms with Gasteiger partial charge in [0.05, 0.1) is 13.2 Å². The second-order valence-corrected chi connectivity index (χ2v) is 6.43. The third-order valence-electron chi connectivity index (χ3n) is 3.56. The number of carbonyl (C=O) groups is 2. The summed E-state index contributed by atoms with van der Waals surface area (Å²) in [6.07, 6.45) is 0.379. The van der Waals surface area contributed by atoms with Gasteiger partial charge in [-0.25, -0.2) is 9.59 Å². The normalized spacial score (nSPS) is 14.5. The molecule has 2 heterocycles. The Bertz CT molecular complexity index is 584. The summed E-state index contributed by atoms with van der Waals surface area (Å²) in [6.45, 7) is 8.72. The van der Waals surface area contributed by atoms with Gasteiger partial charge in [0.2, 0.25) is 0 Å². The van der Waals surface area contributed by atoms with Crippen molar-refractivity contribution < 1.29 is 19.1 Å². The van der Waals surface area contributed by atoms with E-state index in [0.717, 1.165) is 11.3 Å². The zero-order valence-corrected chi connectivity index (χ0v) is 13.9. The van der Waals surface area contributed by atoms with Gasteiger partial charge in [-0.3, -0.25) is 0 Å². The van der Waals surface area contributed by atoms with Crippen molar-refractivity contribution >= 4 is 12.1 Å². The highest BCUT2D eigenvalue weighted by Crippen LogP contribution is 2.24. The Kier molecular flexibility index (Phi) is 4.49. The minimum Gasteiger partial charge on any atom is -0.461 e. The number of hydrogen-bond donors (Lipinski definition) is 0. The molecule has 22 heavy (non-hydrogen) atoms. The number of amides is 1. The number of ether oxygens (including phenoxy) is 2.